The van der Waals surface area contributed by atoms with Crippen molar-refractivity contribution in [1.29, 1.82) is 0 Å². The summed E-state index contributed by atoms with van der Waals surface area (Å²) in [5, 5.41) is 15.0. The highest BCUT2D eigenvalue weighted by molar-refractivity contribution is 5.85. The molecule has 0 saturated heterocycles. The van der Waals surface area contributed by atoms with Gasteiger partial charge in [-0.2, -0.15) is 0 Å². The second-order valence-corrected chi connectivity index (χ2v) is 10.1. The number of benzene rings is 2. The average Bonchev–Trinajstić information content (AvgIpc) is 3.67. The maximum Gasteiger partial charge on any atom is 0.407 e. The number of ether oxygens (including phenoxy) is 1. The number of nitrogens with one attached hydrogen (secondary N) is 2. The maximum atomic E-state index is 12.7. The van der Waals surface area contributed by atoms with Crippen molar-refractivity contribution in [3.05, 3.63) is 59.7 Å². The number of alkyl carbamates (subject to hydrolysis) is 1. The number of fused-ring (bicyclic) bond motifs is 3. The van der Waals surface area contributed by atoms with Crippen LogP contribution in [0, 0.1) is 17.8 Å². The summed E-state index contributed by atoms with van der Waals surface area (Å²) in [6.07, 6.45) is 4.48. The minimum atomic E-state index is -0.954. The maximum absolute atomic E-state index is 12.7. The van der Waals surface area contributed by atoms with Crippen molar-refractivity contribution in [3.8, 4) is 11.1 Å². The quantitative estimate of drug-likeness (QED) is 0.527. The zero-order valence-electron chi connectivity index (χ0n) is 19.7. The predicted molar refractivity (Wildman–Crippen MR) is 131 cm³/mol. The molecular weight excluding hydrogens is 444 g/mol. The highest BCUT2D eigenvalue weighted by Crippen LogP contribution is 2.44. The summed E-state index contributed by atoms with van der Waals surface area (Å²) >= 11 is 0. The van der Waals surface area contributed by atoms with Gasteiger partial charge in [-0.3, -0.25) is 4.79 Å². The van der Waals surface area contributed by atoms with Crippen LogP contribution in [0.15, 0.2) is 48.5 Å². The van der Waals surface area contributed by atoms with Crippen molar-refractivity contribution in [2.24, 2.45) is 17.8 Å². The molecule has 0 spiro atoms. The molecule has 7 heteroatoms. The van der Waals surface area contributed by atoms with Crippen LogP contribution in [0.3, 0.4) is 0 Å². The summed E-state index contributed by atoms with van der Waals surface area (Å²) in [6.45, 7) is 0.721. The van der Waals surface area contributed by atoms with Crippen molar-refractivity contribution in [1.82, 2.24) is 10.6 Å². The lowest BCUT2D eigenvalue weighted by Gasteiger charge is -2.29. The molecule has 2 fully saturated rings. The van der Waals surface area contributed by atoms with Gasteiger partial charge in [-0.1, -0.05) is 55.0 Å². The van der Waals surface area contributed by atoms with Crippen LogP contribution in [-0.4, -0.2) is 42.3 Å². The molecule has 0 radical (unpaired) electrons. The second kappa shape index (κ2) is 10.1. The fourth-order valence-corrected chi connectivity index (χ4v) is 5.67. The van der Waals surface area contributed by atoms with E-state index in [1.165, 1.54) is 22.3 Å². The highest BCUT2D eigenvalue weighted by atomic mass is 16.5. The minimum absolute atomic E-state index is 0.0181. The molecule has 35 heavy (non-hydrogen) atoms. The third-order valence-corrected chi connectivity index (χ3v) is 7.69. The zero-order chi connectivity index (χ0) is 24.4. The van der Waals surface area contributed by atoms with Crippen LogP contribution in [0.4, 0.5) is 4.79 Å². The van der Waals surface area contributed by atoms with Crippen LogP contribution in [-0.2, 0) is 14.3 Å². The fourth-order valence-electron chi connectivity index (χ4n) is 5.67. The van der Waals surface area contributed by atoms with Gasteiger partial charge in [-0.25, -0.2) is 9.59 Å². The molecule has 3 aliphatic rings. The molecule has 3 unspecified atom stereocenters. The molecule has 3 N–H and O–H groups in total. The summed E-state index contributed by atoms with van der Waals surface area (Å²) in [5.41, 5.74) is 4.73. The fraction of sp³-hybridized carbons (Fsp3) is 0.464. The van der Waals surface area contributed by atoms with Gasteiger partial charge in [0, 0.05) is 18.4 Å². The molecule has 0 bridgehead atoms. The summed E-state index contributed by atoms with van der Waals surface area (Å²) in [6, 6.07) is 15.7. The number of carboxylic acid groups (broad SMARTS) is 1. The lowest BCUT2D eigenvalue weighted by molar-refractivity contribution is -0.143. The molecule has 7 nitrogen and oxygen atoms in total. The lowest BCUT2D eigenvalue weighted by Crippen LogP contribution is -2.46. The van der Waals surface area contributed by atoms with Gasteiger partial charge in [0.15, 0.2) is 0 Å². The highest BCUT2D eigenvalue weighted by Gasteiger charge is 2.39. The van der Waals surface area contributed by atoms with Gasteiger partial charge < -0.3 is 20.5 Å². The van der Waals surface area contributed by atoms with Gasteiger partial charge in [-0.05, 0) is 66.2 Å². The molecule has 2 amide bonds. The number of carbonyl (C=O) groups excluding carboxylic acids is 2. The molecule has 2 aromatic rings. The summed E-state index contributed by atoms with van der Waals surface area (Å²) in [7, 11) is 0. The van der Waals surface area contributed by atoms with Crippen LogP contribution in [0.1, 0.15) is 55.6 Å². The second-order valence-electron chi connectivity index (χ2n) is 10.1. The predicted octanol–water partition coefficient (Wildman–Crippen LogP) is 4.31. The smallest absolute Gasteiger partial charge is 0.407 e. The van der Waals surface area contributed by atoms with Gasteiger partial charge in [0.2, 0.25) is 5.91 Å². The number of rotatable bonds is 8. The first-order chi connectivity index (χ1) is 17.0. The standard InChI is InChI=1S/C28H32N2O5/c31-26(30-25(27(32)33)18-12-13-18)19-7-5-6-17(14-19)15-29-28(34)35-16-24-22-10-3-1-8-20(22)21-9-2-4-11-23(21)24/h1-4,8-11,17-19,24-25H,5-7,12-16H2,(H,29,34)(H,30,31)(H,32,33). The number of aliphatic carboxylic acids is 1. The summed E-state index contributed by atoms with van der Waals surface area (Å²) < 4.78 is 5.62. The third kappa shape index (κ3) is 5.19. The first-order valence-corrected chi connectivity index (χ1v) is 12.6. The first kappa shape index (κ1) is 23.4. The van der Waals surface area contributed by atoms with Crippen molar-refractivity contribution in [3.63, 3.8) is 0 Å². The molecule has 3 aliphatic carbocycles. The number of hydrogen-bond acceptors (Lipinski definition) is 4. The molecule has 5 rings (SSSR count). The molecular formula is C28H32N2O5. The Kier molecular flexibility index (Phi) is 6.75. The average molecular weight is 477 g/mol. The SMILES string of the molecule is O=C(NCC1CCCC(C(=O)NC(C(=O)O)C2CC2)C1)OCC1c2ccccc2-c2ccccc21. The van der Waals surface area contributed by atoms with Crippen LogP contribution >= 0.6 is 0 Å². The van der Waals surface area contributed by atoms with E-state index in [1.807, 2.05) is 24.3 Å². The van der Waals surface area contributed by atoms with Gasteiger partial charge in [0.05, 0.1) is 0 Å². The Hall–Kier alpha value is -3.35. The van der Waals surface area contributed by atoms with Crippen molar-refractivity contribution in [2.45, 2.75) is 50.5 Å². The topological polar surface area (TPSA) is 105 Å². The van der Waals surface area contributed by atoms with Crippen molar-refractivity contribution >= 4 is 18.0 Å². The van der Waals surface area contributed by atoms with E-state index in [0.717, 1.165) is 32.1 Å². The normalized spacial score (nSPS) is 21.9. The molecule has 0 aromatic heterocycles. The van der Waals surface area contributed by atoms with E-state index in [-0.39, 0.29) is 36.2 Å². The number of carboxylic acids is 1. The molecule has 184 valence electrons. The minimum Gasteiger partial charge on any atom is -0.480 e. The third-order valence-electron chi connectivity index (χ3n) is 7.69. The van der Waals surface area contributed by atoms with Crippen molar-refractivity contribution < 1.29 is 24.2 Å². The van der Waals surface area contributed by atoms with Gasteiger partial charge in [0.1, 0.15) is 12.6 Å². The van der Waals surface area contributed by atoms with Crippen LogP contribution in [0.2, 0.25) is 0 Å². The van der Waals surface area contributed by atoms with E-state index in [0.29, 0.717) is 13.0 Å². The molecule has 0 aliphatic heterocycles. The monoisotopic (exact) mass is 476 g/mol. The van der Waals surface area contributed by atoms with E-state index in [2.05, 4.69) is 34.9 Å². The zero-order valence-corrected chi connectivity index (χ0v) is 19.7. The van der Waals surface area contributed by atoms with Crippen molar-refractivity contribution in [2.75, 3.05) is 13.2 Å². The Morgan fingerprint density at radius 1 is 0.943 bits per heavy atom. The van der Waals surface area contributed by atoms with Gasteiger partial charge in [-0.15, -0.1) is 0 Å². The number of carbonyl (C=O) groups is 3. The largest absolute Gasteiger partial charge is 0.480 e. The Bertz CT molecular complexity index is 1070. The Morgan fingerprint density at radius 2 is 1.60 bits per heavy atom. The number of hydrogen-bond donors (Lipinski definition) is 3. The van der Waals surface area contributed by atoms with Gasteiger partial charge in [0.25, 0.3) is 0 Å². The van der Waals surface area contributed by atoms with Crippen LogP contribution in [0.25, 0.3) is 11.1 Å². The number of amides is 2. The van der Waals surface area contributed by atoms with Crippen LogP contribution < -0.4 is 10.6 Å². The van der Waals surface area contributed by atoms with Crippen LogP contribution in [0.5, 0.6) is 0 Å². The van der Waals surface area contributed by atoms with E-state index >= 15 is 0 Å². The van der Waals surface area contributed by atoms with E-state index in [9.17, 15) is 19.5 Å². The lowest BCUT2D eigenvalue weighted by atomic mass is 9.80. The Morgan fingerprint density at radius 3 is 2.23 bits per heavy atom. The summed E-state index contributed by atoms with van der Waals surface area (Å²) in [5.74, 6) is -1.08. The molecule has 3 atom stereocenters. The van der Waals surface area contributed by atoms with E-state index < -0.39 is 18.1 Å². The first-order valence-electron chi connectivity index (χ1n) is 12.6. The van der Waals surface area contributed by atoms with E-state index in [4.69, 9.17) is 4.74 Å². The Labute approximate surface area is 205 Å². The molecule has 2 saturated carbocycles. The van der Waals surface area contributed by atoms with E-state index in [1.54, 1.807) is 0 Å². The molecule has 0 heterocycles. The molecule has 2 aromatic carbocycles. The van der Waals surface area contributed by atoms with Gasteiger partial charge >= 0.3 is 12.1 Å². The summed E-state index contributed by atoms with van der Waals surface area (Å²) in [4.78, 5) is 36.7. The Balaban J connectivity index is 1.11.